The molecular formula is C8H17N3OS. The molecule has 1 heterocycles. The van der Waals surface area contributed by atoms with Crippen LogP contribution in [0.1, 0.15) is 13.8 Å². The van der Waals surface area contributed by atoms with E-state index in [1.54, 1.807) is 0 Å². The quantitative estimate of drug-likeness (QED) is 0.298. The van der Waals surface area contributed by atoms with E-state index in [9.17, 15) is 0 Å². The van der Waals surface area contributed by atoms with Crippen molar-refractivity contribution < 1.29 is 5.21 Å². The van der Waals surface area contributed by atoms with Crippen LogP contribution in [0.5, 0.6) is 0 Å². The van der Waals surface area contributed by atoms with Crippen LogP contribution in [0, 0.1) is 0 Å². The summed E-state index contributed by atoms with van der Waals surface area (Å²) in [5, 5.41) is 11.6. The Kier molecular flexibility index (Phi) is 3.87. The number of rotatable bonds is 2. The third-order valence-electron chi connectivity index (χ3n) is 2.46. The molecule has 0 aliphatic carbocycles. The smallest absolute Gasteiger partial charge is 0.156 e. The highest BCUT2D eigenvalue weighted by Crippen LogP contribution is 2.18. The fourth-order valence-corrected chi connectivity index (χ4v) is 2.61. The molecule has 0 spiro atoms. The monoisotopic (exact) mass is 203 g/mol. The number of thioether (sulfide) groups is 1. The molecule has 2 atom stereocenters. The van der Waals surface area contributed by atoms with Crippen LogP contribution in [0.2, 0.25) is 0 Å². The average molecular weight is 203 g/mol. The summed E-state index contributed by atoms with van der Waals surface area (Å²) in [5.41, 5.74) is 5.56. The minimum atomic E-state index is 0.0425. The molecule has 5 heteroatoms. The zero-order chi connectivity index (χ0) is 9.84. The minimum Gasteiger partial charge on any atom is -0.409 e. The van der Waals surface area contributed by atoms with Gasteiger partial charge in [0.1, 0.15) is 0 Å². The van der Waals surface area contributed by atoms with Crippen LogP contribution in [0.4, 0.5) is 0 Å². The van der Waals surface area contributed by atoms with Crippen LogP contribution >= 0.6 is 11.8 Å². The summed E-state index contributed by atoms with van der Waals surface area (Å²) in [5.74, 6) is 2.56. The van der Waals surface area contributed by atoms with Gasteiger partial charge in [0, 0.05) is 24.1 Å². The molecule has 0 radical (unpaired) electrons. The molecule has 0 aromatic heterocycles. The van der Waals surface area contributed by atoms with E-state index < -0.39 is 0 Å². The van der Waals surface area contributed by atoms with Crippen molar-refractivity contribution in [1.29, 1.82) is 0 Å². The van der Waals surface area contributed by atoms with Crippen molar-refractivity contribution in [3.63, 3.8) is 0 Å². The van der Waals surface area contributed by atoms with E-state index in [2.05, 4.69) is 17.0 Å². The highest BCUT2D eigenvalue weighted by atomic mass is 32.2. The summed E-state index contributed by atoms with van der Waals surface area (Å²) >= 11 is 1.96. The van der Waals surface area contributed by atoms with Gasteiger partial charge in [-0.1, -0.05) is 5.16 Å². The van der Waals surface area contributed by atoms with Crippen molar-refractivity contribution >= 4 is 17.6 Å². The summed E-state index contributed by atoms with van der Waals surface area (Å²) < 4.78 is 0. The van der Waals surface area contributed by atoms with Gasteiger partial charge in [0.25, 0.3) is 0 Å². The first-order chi connectivity index (χ1) is 6.16. The highest BCUT2D eigenvalue weighted by Gasteiger charge is 2.25. The Morgan fingerprint density at radius 1 is 1.77 bits per heavy atom. The van der Waals surface area contributed by atoms with E-state index >= 15 is 0 Å². The summed E-state index contributed by atoms with van der Waals surface area (Å²) in [6.07, 6.45) is 0. The molecule has 0 saturated carbocycles. The Balaban J connectivity index is 2.58. The van der Waals surface area contributed by atoms with E-state index in [1.807, 2.05) is 18.7 Å². The van der Waals surface area contributed by atoms with Gasteiger partial charge in [-0.15, -0.1) is 0 Å². The molecule has 1 fully saturated rings. The Bertz CT molecular complexity index is 198. The van der Waals surface area contributed by atoms with E-state index in [0.29, 0.717) is 11.9 Å². The SMILES string of the molecule is CC1CSCCN1C(C)/C(N)=N/O. The molecule has 3 N–H and O–H groups in total. The third kappa shape index (κ3) is 2.51. The second kappa shape index (κ2) is 4.72. The molecule has 1 rings (SSSR count). The molecule has 0 aromatic rings. The lowest BCUT2D eigenvalue weighted by molar-refractivity contribution is 0.206. The van der Waals surface area contributed by atoms with E-state index in [0.717, 1.165) is 18.1 Å². The number of amidine groups is 1. The molecule has 1 aliphatic heterocycles. The standard InChI is InChI=1S/C8H17N3OS/c1-6-5-13-4-3-11(6)7(2)8(9)10-12/h6-7,12H,3-5H2,1-2H3,(H2,9,10). The third-order valence-corrected chi connectivity index (χ3v) is 3.65. The zero-order valence-corrected chi connectivity index (χ0v) is 8.92. The Labute approximate surface area is 83.2 Å². The van der Waals surface area contributed by atoms with Gasteiger partial charge in [-0.05, 0) is 13.8 Å². The lowest BCUT2D eigenvalue weighted by atomic mass is 10.2. The van der Waals surface area contributed by atoms with Gasteiger partial charge in [0.15, 0.2) is 5.84 Å². The summed E-state index contributed by atoms with van der Waals surface area (Å²) in [6, 6.07) is 0.551. The molecule has 1 aliphatic rings. The van der Waals surface area contributed by atoms with Crippen molar-refractivity contribution in [2.45, 2.75) is 25.9 Å². The normalized spacial score (nSPS) is 28.8. The lowest BCUT2D eigenvalue weighted by Crippen LogP contribution is -2.51. The zero-order valence-electron chi connectivity index (χ0n) is 8.10. The second-order valence-electron chi connectivity index (χ2n) is 3.36. The first-order valence-electron chi connectivity index (χ1n) is 4.47. The maximum Gasteiger partial charge on any atom is 0.156 e. The first-order valence-corrected chi connectivity index (χ1v) is 5.63. The lowest BCUT2D eigenvalue weighted by Gasteiger charge is -2.36. The van der Waals surface area contributed by atoms with E-state index in [1.165, 1.54) is 0 Å². The first kappa shape index (κ1) is 10.7. The Morgan fingerprint density at radius 3 is 3.00 bits per heavy atom. The van der Waals surface area contributed by atoms with Gasteiger partial charge in [0.2, 0.25) is 0 Å². The predicted molar refractivity (Wildman–Crippen MR) is 56.4 cm³/mol. The molecule has 4 nitrogen and oxygen atoms in total. The molecule has 2 unspecified atom stereocenters. The molecule has 0 bridgehead atoms. The van der Waals surface area contributed by atoms with E-state index in [4.69, 9.17) is 10.9 Å². The maximum atomic E-state index is 8.55. The number of oxime groups is 1. The van der Waals surface area contributed by atoms with Crippen LogP contribution in [0.15, 0.2) is 5.16 Å². The molecular weight excluding hydrogens is 186 g/mol. The van der Waals surface area contributed by atoms with Crippen LogP contribution in [-0.2, 0) is 0 Å². The van der Waals surface area contributed by atoms with Crippen LogP contribution in [0.25, 0.3) is 0 Å². The van der Waals surface area contributed by atoms with Gasteiger partial charge in [-0.2, -0.15) is 11.8 Å². The Hall–Kier alpha value is -0.420. The van der Waals surface area contributed by atoms with Crippen LogP contribution in [-0.4, -0.2) is 46.1 Å². The molecule has 1 saturated heterocycles. The largest absolute Gasteiger partial charge is 0.409 e. The van der Waals surface area contributed by atoms with Crippen molar-refractivity contribution in [1.82, 2.24) is 4.90 Å². The number of hydrogen-bond acceptors (Lipinski definition) is 4. The van der Waals surface area contributed by atoms with Gasteiger partial charge in [-0.3, -0.25) is 4.90 Å². The molecule has 0 amide bonds. The van der Waals surface area contributed by atoms with Crippen molar-refractivity contribution in [2.75, 3.05) is 18.1 Å². The van der Waals surface area contributed by atoms with Gasteiger partial charge in [-0.25, -0.2) is 0 Å². The fraction of sp³-hybridized carbons (Fsp3) is 0.875. The average Bonchev–Trinajstić information content (AvgIpc) is 2.16. The van der Waals surface area contributed by atoms with Gasteiger partial charge in [0.05, 0.1) is 6.04 Å². The molecule has 13 heavy (non-hydrogen) atoms. The predicted octanol–water partition coefficient (Wildman–Crippen LogP) is 0.559. The molecule has 76 valence electrons. The van der Waals surface area contributed by atoms with Crippen LogP contribution in [0.3, 0.4) is 0 Å². The second-order valence-corrected chi connectivity index (χ2v) is 4.51. The maximum absolute atomic E-state index is 8.55. The van der Waals surface area contributed by atoms with Crippen molar-refractivity contribution in [2.24, 2.45) is 10.9 Å². The topological polar surface area (TPSA) is 61.8 Å². The van der Waals surface area contributed by atoms with Crippen molar-refractivity contribution in [3.05, 3.63) is 0 Å². The highest BCUT2D eigenvalue weighted by molar-refractivity contribution is 7.99. The number of hydrogen-bond donors (Lipinski definition) is 2. The Morgan fingerprint density at radius 2 is 2.46 bits per heavy atom. The number of nitrogens with zero attached hydrogens (tertiary/aromatic N) is 2. The minimum absolute atomic E-state index is 0.0425. The fourth-order valence-electron chi connectivity index (χ4n) is 1.57. The van der Waals surface area contributed by atoms with Crippen LogP contribution < -0.4 is 5.73 Å². The van der Waals surface area contributed by atoms with E-state index in [-0.39, 0.29) is 6.04 Å². The summed E-state index contributed by atoms with van der Waals surface area (Å²) in [6.45, 7) is 5.16. The molecule has 0 aromatic carbocycles. The summed E-state index contributed by atoms with van der Waals surface area (Å²) in [7, 11) is 0. The van der Waals surface area contributed by atoms with Crippen molar-refractivity contribution in [3.8, 4) is 0 Å². The summed E-state index contributed by atoms with van der Waals surface area (Å²) in [4.78, 5) is 2.27. The van der Waals surface area contributed by atoms with Gasteiger partial charge >= 0.3 is 0 Å². The van der Waals surface area contributed by atoms with Gasteiger partial charge < -0.3 is 10.9 Å². The number of nitrogens with two attached hydrogens (primary N) is 1.